The maximum absolute atomic E-state index is 14.1. The van der Waals surface area contributed by atoms with E-state index in [2.05, 4.69) is 33.0 Å². The van der Waals surface area contributed by atoms with Crippen LogP contribution in [0.25, 0.3) is 11.5 Å². The Labute approximate surface area is 131 Å². The minimum absolute atomic E-state index is 0.173. The summed E-state index contributed by atoms with van der Waals surface area (Å²) in [6.07, 6.45) is 3.88. The van der Waals surface area contributed by atoms with Gasteiger partial charge in [0.1, 0.15) is 5.82 Å². The van der Waals surface area contributed by atoms with Gasteiger partial charge < -0.3 is 10.3 Å². The van der Waals surface area contributed by atoms with Crippen molar-refractivity contribution in [2.45, 2.75) is 38.1 Å². The van der Waals surface area contributed by atoms with E-state index in [1.807, 2.05) is 0 Å². The van der Waals surface area contributed by atoms with Gasteiger partial charge in [0.2, 0.25) is 0 Å². The van der Waals surface area contributed by atoms with E-state index < -0.39 is 11.4 Å². The van der Waals surface area contributed by atoms with E-state index >= 15 is 0 Å². The summed E-state index contributed by atoms with van der Waals surface area (Å²) in [4.78, 5) is 4.35. The minimum atomic E-state index is -0.568. The van der Waals surface area contributed by atoms with E-state index in [4.69, 9.17) is 10.3 Å². The average molecular weight is 354 g/mol. The quantitative estimate of drug-likeness (QED) is 0.885. The lowest BCUT2D eigenvalue weighted by atomic mass is 9.76. The van der Waals surface area contributed by atoms with E-state index in [0.717, 1.165) is 19.3 Å². The van der Waals surface area contributed by atoms with Gasteiger partial charge in [-0.15, -0.1) is 0 Å². The van der Waals surface area contributed by atoms with Gasteiger partial charge in [-0.3, -0.25) is 0 Å². The average Bonchev–Trinajstić information content (AvgIpc) is 2.92. The number of rotatable bonds is 2. The van der Waals surface area contributed by atoms with Crippen LogP contribution in [0.3, 0.4) is 0 Å². The van der Waals surface area contributed by atoms with Crippen LogP contribution in [0.5, 0.6) is 0 Å². The Morgan fingerprint density at radius 1 is 1.48 bits per heavy atom. The van der Waals surface area contributed by atoms with Crippen LogP contribution in [0.1, 0.15) is 38.4 Å². The monoisotopic (exact) mass is 353 g/mol. The lowest BCUT2D eigenvalue weighted by Crippen LogP contribution is -2.42. The Morgan fingerprint density at radius 3 is 3.05 bits per heavy atom. The van der Waals surface area contributed by atoms with Crippen molar-refractivity contribution >= 4 is 15.9 Å². The van der Waals surface area contributed by atoms with Crippen LogP contribution in [-0.2, 0) is 5.54 Å². The van der Waals surface area contributed by atoms with Crippen molar-refractivity contribution in [1.82, 2.24) is 10.1 Å². The fraction of sp³-hybridized carbons (Fsp3) is 0.467. The summed E-state index contributed by atoms with van der Waals surface area (Å²) in [5.74, 6) is 0.777. The number of benzene rings is 1. The molecule has 1 heterocycles. The number of aromatic nitrogens is 2. The van der Waals surface area contributed by atoms with E-state index in [0.29, 0.717) is 16.2 Å². The van der Waals surface area contributed by atoms with Gasteiger partial charge in [-0.1, -0.05) is 31.0 Å². The second-order valence-electron chi connectivity index (χ2n) is 5.88. The highest BCUT2D eigenvalue weighted by atomic mass is 79.9. The van der Waals surface area contributed by atoms with E-state index in [9.17, 15) is 4.39 Å². The maximum Gasteiger partial charge on any atom is 0.261 e. The van der Waals surface area contributed by atoms with Crippen molar-refractivity contribution in [2.75, 3.05) is 0 Å². The molecule has 0 aliphatic heterocycles. The molecule has 1 aromatic carbocycles. The van der Waals surface area contributed by atoms with Crippen molar-refractivity contribution < 1.29 is 8.91 Å². The van der Waals surface area contributed by atoms with Crippen LogP contribution in [0.2, 0.25) is 0 Å². The molecule has 1 aliphatic carbocycles. The van der Waals surface area contributed by atoms with Crippen LogP contribution in [-0.4, -0.2) is 10.1 Å². The zero-order valence-corrected chi connectivity index (χ0v) is 13.4. The molecule has 1 aliphatic rings. The molecule has 1 saturated carbocycles. The molecule has 0 radical (unpaired) electrons. The topological polar surface area (TPSA) is 64.9 Å². The van der Waals surface area contributed by atoms with Crippen LogP contribution >= 0.6 is 15.9 Å². The molecule has 112 valence electrons. The molecule has 0 amide bonds. The molecule has 1 aromatic heterocycles. The summed E-state index contributed by atoms with van der Waals surface area (Å²) >= 11 is 3.16. The number of nitrogens with two attached hydrogens (primary N) is 1. The molecule has 3 rings (SSSR count). The number of nitrogens with zero attached hydrogens (tertiary/aromatic N) is 2. The normalized spacial score (nSPS) is 26.0. The predicted molar refractivity (Wildman–Crippen MR) is 80.9 cm³/mol. The lowest BCUT2D eigenvalue weighted by Gasteiger charge is -2.33. The molecule has 1 fully saturated rings. The SMILES string of the molecule is CC1CCCC(N)(c2noc(-c3cccc(Br)c3F)n2)C1. The van der Waals surface area contributed by atoms with E-state index in [-0.39, 0.29) is 11.5 Å². The summed E-state index contributed by atoms with van der Waals surface area (Å²) in [6, 6.07) is 4.97. The van der Waals surface area contributed by atoms with Crippen molar-refractivity contribution in [3.05, 3.63) is 34.3 Å². The van der Waals surface area contributed by atoms with Crippen molar-refractivity contribution in [3.63, 3.8) is 0 Å². The third-order valence-corrected chi connectivity index (χ3v) is 4.70. The molecule has 21 heavy (non-hydrogen) atoms. The first kappa shape index (κ1) is 14.7. The third kappa shape index (κ3) is 2.74. The first-order chi connectivity index (χ1) is 9.99. The first-order valence-electron chi connectivity index (χ1n) is 7.07. The molecule has 0 spiro atoms. The summed E-state index contributed by atoms with van der Waals surface area (Å²) in [7, 11) is 0. The fourth-order valence-corrected chi connectivity index (χ4v) is 3.37. The first-order valence-corrected chi connectivity index (χ1v) is 7.86. The minimum Gasteiger partial charge on any atom is -0.334 e. The molecule has 0 bridgehead atoms. The molecular weight excluding hydrogens is 337 g/mol. The lowest BCUT2D eigenvalue weighted by molar-refractivity contribution is 0.222. The summed E-state index contributed by atoms with van der Waals surface area (Å²) in [5, 5.41) is 4.00. The van der Waals surface area contributed by atoms with Crippen LogP contribution in [0, 0.1) is 11.7 Å². The Morgan fingerprint density at radius 2 is 2.29 bits per heavy atom. The molecule has 4 nitrogen and oxygen atoms in total. The van der Waals surface area contributed by atoms with Gasteiger partial charge >= 0.3 is 0 Å². The van der Waals surface area contributed by atoms with Crippen molar-refractivity contribution in [1.29, 1.82) is 0 Å². The Bertz CT molecular complexity index is 660. The highest BCUT2D eigenvalue weighted by Gasteiger charge is 2.37. The summed E-state index contributed by atoms with van der Waals surface area (Å²) < 4.78 is 19.7. The van der Waals surface area contributed by atoms with Crippen LogP contribution < -0.4 is 5.73 Å². The fourth-order valence-electron chi connectivity index (χ4n) is 3.00. The highest BCUT2D eigenvalue weighted by molar-refractivity contribution is 9.10. The van der Waals surface area contributed by atoms with Crippen molar-refractivity contribution in [2.24, 2.45) is 11.7 Å². The van der Waals surface area contributed by atoms with Gasteiger partial charge in [-0.2, -0.15) is 4.98 Å². The predicted octanol–water partition coefficient (Wildman–Crippen LogP) is 4.00. The van der Waals surface area contributed by atoms with Crippen molar-refractivity contribution in [3.8, 4) is 11.5 Å². The standard InChI is InChI=1S/C15H17BrFN3O/c1-9-4-3-7-15(18,8-9)14-19-13(21-20-14)10-5-2-6-11(16)12(10)17/h2,5-6,9H,3-4,7-8,18H2,1H3. The number of halogens is 2. The molecule has 2 N–H and O–H groups in total. The van der Waals surface area contributed by atoms with E-state index in [1.165, 1.54) is 6.42 Å². The van der Waals surface area contributed by atoms with E-state index in [1.54, 1.807) is 18.2 Å². The van der Waals surface area contributed by atoms with Gasteiger partial charge in [0, 0.05) is 0 Å². The van der Waals surface area contributed by atoms with Gasteiger partial charge in [0.25, 0.3) is 5.89 Å². The summed E-state index contributed by atoms with van der Waals surface area (Å²) in [6.45, 7) is 2.18. The number of hydrogen-bond acceptors (Lipinski definition) is 4. The smallest absolute Gasteiger partial charge is 0.261 e. The Kier molecular flexibility index (Phi) is 3.84. The largest absolute Gasteiger partial charge is 0.334 e. The molecule has 6 heteroatoms. The van der Waals surface area contributed by atoms with Crippen LogP contribution in [0.15, 0.2) is 27.2 Å². The van der Waals surface area contributed by atoms with Crippen LogP contribution in [0.4, 0.5) is 4.39 Å². The molecule has 2 aromatic rings. The molecule has 2 unspecified atom stereocenters. The van der Waals surface area contributed by atoms with Gasteiger partial charge in [-0.05, 0) is 46.8 Å². The van der Waals surface area contributed by atoms with Gasteiger partial charge in [0.15, 0.2) is 5.82 Å². The Balaban J connectivity index is 1.95. The maximum atomic E-state index is 14.1. The third-order valence-electron chi connectivity index (χ3n) is 4.09. The molecule has 0 saturated heterocycles. The van der Waals surface area contributed by atoms with Gasteiger partial charge in [-0.25, -0.2) is 4.39 Å². The highest BCUT2D eigenvalue weighted by Crippen LogP contribution is 2.37. The zero-order chi connectivity index (χ0) is 15.0. The zero-order valence-electron chi connectivity index (χ0n) is 11.8. The number of hydrogen-bond donors (Lipinski definition) is 1. The molecule has 2 atom stereocenters. The Hall–Kier alpha value is -1.27. The summed E-state index contributed by atoms with van der Waals surface area (Å²) in [5.41, 5.74) is 6.16. The van der Waals surface area contributed by atoms with Gasteiger partial charge in [0.05, 0.1) is 15.6 Å². The molecular formula is C15H17BrFN3O. The second kappa shape index (κ2) is 5.50. The second-order valence-corrected chi connectivity index (χ2v) is 6.74.